The van der Waals surface area contributed by atoms with Gasteiger partial charge in [0.05, 0.1) is 18.5 Å². The fourth-order valence-electron chi connectivity index (χ4n) is 3.14. The van der Waals surface area contributed by atoms with E-state index in [1.807, 2.05) is 0 Å². The molecule has 1 atom stereocenters. The molecule has 0 aromatic heterocycles. The van der Waals surface area contributed by atoms with Gasteiger partial charge in [-0.2, -0.15) is 0 Å². The Morgan fingerprint density at radius 1 is 1.35 bits per heavy atom. The maximum Gasteiger partial charge on any atom is 0.167 e. The average Bonchev–Trinajstić information content (AvgIpc) is 2.47. The molecule has 1 aromatic carbocycles. The maximum atomic E-state index is 13.6. The minimum Gasteiger partial charge on any atom is -0.494 e. The van der Waals surface area contributed by atoms with E-state index in [4.69, 9.17) is 10.5 Å². The topological polar surface area (TPSA) is 47.3 Å². The van der Waals surface area contributed by atoms with E-state index in [1.54, 1.807) is 6.07 Å². The molecule has 2 rings (SSSR count). The molecule has 1 aliphatic rings. The standard InChI is InChI=1S/C16H25FN2O/c1-3-14(11-7-5-4-6-8-11)19-15-10-16(20-2)12(17)9-13(15)18/h9-11,14,19H,3-8,18H2,1-2H3. The summed E-state index contributed by atoms with van der Waals surface area (Å²) in [6.45, 7) is 2.18. The molecule has 1 fully saturated rings. The lowest BCUT2D eigenvalue weighted by Crippen LogP contribution is -2.30. The summed E-state index contributed by atoms with van der Waals surface area (Å²) < 4.78 is 18.6. The first-order valence-electron chi connectivity index (χ1n) is 7.55. The Balaban J connectivity index is 2.14. The van der Waals surface area contributed by atoms with Crippen molar-refractivity contribution < 1.29 is 9.13 Å². The molecule has 112 valence electrons. The van der Waals surface area contributed by atoms with Crippen molar-refractivity contribution in [2.45, 2.75) is 51.5 Å². The number of nitrogens with two attached hydrogens (primary N) is 1. The van der Waals surface area contributed by atoms with Gasteiger partial charge in [0.15, 0.2) is 11.6 Å². The highest BCUT2D eigenvalue weighted by molar-refractivity contribution is 5.69. The molecule has 3 N–H and O–H groups in total. The van der Waals surface area contributed by atoms with Gasteiger partial charge in [-0.15, -0.1) is 0 Å². The molecule has 0 heterocycles. The Morgan fingerprint density at radius 2 is 2.05 bits per heavy atom. The van der Waals surface area contributed by atoms with Crippen molar-refractivity contribution in [3.05, 3.63) is 17.9 Å². The molecule has 0 radical (unpaired) electrons. The van der Waals surface area contributed by atoms with E-state index in [1.165, 1.54) is 45.3 Å². The van der Waals surface area contributed by atoms with Crippen LogP contribution >= 0.6 is 0 Å². The number of anilines is 2. The number of nitrogens with one attached hydrogen (secondary N) is 1. The van der Waals surface area contributed by atoms with Crippen molar-refractivity contribution in [3.63, 3.8) is 0 Å². The first-order valence-corrected chi connectivity index (χ1v) is 7.55. The Morgan fingerprint density at radius 3 is 2.65 bits per heavy atom. The van der Waals surface area contributed by atoms with E-state index in [0.717, 1.165) is 12.1 Å². The minimum atomic E-state index is -0.415. The zero-order chi connectivity index (χ0) is 14.5. The van der Waals surface area contributed by atoms with Crippen molar-refractivity contribution >= 4 is 11.4 Å². The van der Waals surface area contributed by atoms with Crippen LogP contribution in [0, 0.1) is 11.7 Å². The van der Waals surface area contributed by atoms with Crippen LogP contribution in [0.15, 0.2) is 12.1 Å². The minimum absolute atomic E-state index is 0.236. The third-order valence-corrected chi connectivity index (χ3v) is 4.32. The lowest BCUT2D eigenvalue weighted by Gasteiger charge is -2.31. The van der Waals surface area contributed by atoms with Crippen molar-refractivity contribution in [1.29, 1.82) is 0 Å². The molecule has 0 amide bonds. The number of halogens is 1. The predicted molar refractivity (Wildman–Crippen MR) is 81.6 cm³/mol. The van der Waals surface area contributed by atoms with Crippen LogP contribution < -0.4 is 15.8 Å². The van der Waals surface area contributed by atoms with Gasteiger partial charge in [0.2, 0.25) is 0 Å². The molecule has 0 bridgehead atoms. The first-order chi connectivity index (χ1) is 9.65. The summed E-state index contributed by atoms with van der Waals surface area (Å²) in [6.07, 6.45) is 7.55. The van der Waals surface area contributed by atoms with Crippen molar-refractivity contribution in [1.82, 2.24) is 0 Å². The van der Waals surface area contributed by atoms with Gasteiger partial charge in [-0.25, -0.2) is 4.39 Å². The Kier molecular flexibility index (Phi) is 5.10. The number of hydrogen-bond donors (Lipinski definition) is 2. The van der Waals surface area contributed by atoms with Gasteiger partial charge < -0.3 is 15.8 Å². The van der Waals surface area contributed by atoms with E-state index in [-0.39, 0.29) is 5.75 Å². The zero-order valence-corrected chi connectivity index (χ0v) is 12.4. The summed E-state index contributed by atoms with van der Waals surface area (Å²) in [7, 11) is 1.47. The largest absolute Gasteiger partial charge is 0.494 e. The summed E-state index contributed by atoms with van der Waals surface area (Å²) in [5.41, 5.74) is 7.14. The van der Waals surface area contributed by atoms with Crippen LogP contribution in [0.3, 0.4) is 0 Å². The van der Waals surface area contributed by atoms with Crippen LogP contribution in [-0.4, -0.2) is 13.2 Å². The Bertz CT molecular complexity index is 444. The second-order valence-electron chi connectivity index (χ2n) is 5.63. The van der Waals surface area contributed by atoms with Gasteiger partial charge in [-0.05, 0) is 25.2 Å². The molecular weight excluding hydrogens is 255 g/mol. The highest BCUT2D eigenvalue weighted by Crippen LogP contribution is 2.33. The van der Waals surface area contributed by atoms with Crippen molar-refractivity contribution in [3.8, 4) is 5.75 Å². The smallest absolute Gasteiger partial charge is 0.167 e. The number of ether oxygens (including phenoxy) is 1. The molecule has 1 unspecified atom stereocenters. The van der Waals surface area contributed by atoms with Crippen LogP contribution in [0.25, 0.3) is 0 Å². The molecule has 3 nitrogen and oxygen atoms in total. The highest BCUT2D eigenvalue weighted by atomic mass is 19.1. The molecule has 1 aromatic rings. The van der Waals surface area contributed by atoms with Gasteiger partial charge in [-0.1, -0.05) is 26.2 Å². The van der Waals surface area contributed by atoms with Gasteiger partial charge >= 0.3 is 0 Å². The number of hydrogen-bond acceptors (Lipinski definition) is 3. The van der Waals surface area contributed by atoms with Crippen LogP contribution in [-0.2, 0) is 0 Å². The van der Waals surface area contributed by atoms with Crippen LogP contribution in [0.4, 0.5) is 15.8 Å². The third kappa shape index (κ3) is 3.35. The number of methoxy groups -OCH3 is 1. The monoisotopic (exact) mass is 280 g/mol. The van der Waals surface area contributed by atoms with Crippen LogP contribution in [0.1, 0.15) is 45.4 Å². The maximum absolute atomic E-state index is 13.6. The summed E-state index contributed by atoms with van der Waals surface area (Å²) in [5.74, 6) is 0.505. The van der Waals surface area contributed by atoms with Gasteiger partial charge in [-0.3, -0.25) is 0 Å². The van der Waals surface area contributed by atoms with E-state index in [0.29, 0.717) is 17.6 Å². The first kappa shape index (κ1) is 14.9. The fourth-order valence-corrected chi connectivity index (χ4v) is 3.14. The lowest BCUT2D eigenvalue weighted by atomic mass is 9.83. The average molecular weight is 280 g/mol. The van der Waals surface area contributed by atoms with Crippen LogP contribution in [0.2, 0.25) is 0 Å². The van der Waals surface area contributed by atoms with E-state index in [9.17, 15) is 4.39 Å². The van der Waals surface area contributed by atoms with Gasteiger partial charge in [0.25, 0.3) is 0 Å². The quantitative estimate of drug-likeness (QED) is 0.795. The van der Waals surface area contributed by atoms with E-state index >= 15 is 0 Å². The van der Waals surface area contributed by atoms with Crippen LogP contribution in [0.5, 0.6) is 5.75 Å². The second-order valence-corrected chi connectivity index (χ2v) is 5.63. The second kappa shape index (κ2) is 6.82. The Labute approximate surface area is 120 Å². The van der Waals surface area contributed by atoms with Crippen molar-refractivity contribution in [2.75, 3.05) is 18.2 Å². The SMILES string of the molecule is CCC(Nc1cc(OC)c(F)cc1N)C1CCCCC1. The lowest BCUT2D eigenvalue weighted by molar-refractivity contribution is 0.313. The summed E-state index contributed by atoms with van der Waals surface area (Å²) in [4.78, 5) is 0. The fraction of sp³-hybridized carbons (Fsp3) is 0.625. The molecule has 1 saturated carbocycles. The van der Waals surface area contributed by atoms with E-state index in [2.05, 4.69) is 12.2 Å². The highest BCUT2D eigenvalue weighted by Gasteiger charge is 2.23. The molecule has 0 spiro atoms. The Hall–Kier alpha value is -1.45. The number of rotatable bonds is 5. The third-order valence-electron chi connectivity index (χ3n) is 4.32. The van der Waals surface area contributed by atoms with E-state index < -0.39 is 5.82 Å². The molecule has 4 heteroatoms. The predicted octanol–water partition coefficient (Wildman–Crippen LogP) is 4.19. The molecular formula is C16H25FN2O. The molecule has 1 aliphatic carbocycles. The number of nitrogen functional groups attached to an aromatic ring is 1. The van der Waals surface area contributed by atoms with Gasteiger partial charge in [0, 0.05) is 18.2 Å². The summed E-state index contributed by atoms with van der Waals surface area (Å²) in [5, 5.41) is 3.50. The zero-order valence-electron chi connectivity index (χ0n) is 12.4. The summed E-state index contributed by atoms with van der Waals surface area (Å²) in [6, 6.07) is 3.39. The normalized spacial score (nSPS) is 17.8. The summed E-state index contributed by atoms with van der Waals surface area (Å²) >= 11 is 0. The molecule has 0 saturated heterocycles. The molecule has 0 aliphatic heterocycles. The van der Waals surface area contributed by atoms with Gasteiger partial charge in [0.1, 0.15) is 0 Å². The molecule has 20 heavy (non-hydrogen) atoms. The van der Waals surface area contributed by atoms with Crippen molar-refractivity contribution in [2.24, 2.45) is 5.92 Å². The number of benzene rings is 1.